The molecule has 1 heterocycles. The maximum atomic E-state index is 12.7. The number of rotatable bonds is 4. The molecule has 1 aliphatic rings. The molecule has 7 heteroatoms. The first-order valence-corrected chi connectivity index (χ1v) is 8.17. The van der Waals surface area contributed by atoms with Crippen LogP contribution >= 0.6 is 15.9 Å². The molecule has 1 fully saturated rings. The topological polar surface area (TPSA) is 67.9 Å². The van der Waals surface area contributed by atoms with E-state index in [1.54, 1.807) is 49.6 Å². The van der Waals surface area contributed by atoms with Gasteiger partial charge in [0.25, 0.3) is 11.8 Å². The Balaban J connectivity index is 1.97. The van der Waals surface area contributed by atoms with E-state index in [4.69, 9.17) is 9.47 Å². The molecule has 0 aliphatic carbocycles. The average Bonchev–Trinajstić information content (AvgIpc) is 2.90. The number of benzene rings is 2. The molecule has 0 unspecified atom stereocenters. The third kappa shape index (κ3) is 3.36. The zero-order chi connectivity index (χ0) is 18.0. The van der Waals surface area contributed by atoms with E-state index in [0.717, 1.165) is 4.47 Å². The summed E-state index contributed by atoms with van der Waals surface area (Å²) in [6.45, 7) is 0. The molecule has 6 nitrogen and oxygen atoms in total. The van der Waals surface area contributed by atoms with E-state index < -0.39 is 11.8 Å². The summed E-state index contributed by atoms with van der Waals surface area (Å²) in [6, 6.07) is 12.2. The molecule has 0 atom stereocenters. The average molecular weight is 403 g/mol. The molecule has 3 rings (SSSR count). The molecule has 2 aromatic rings. The second kappa shape index (κ2) is 6.98. The van der Waals surface area contributed by atoms with Crippen LogP contribution in [-0.2, 0) is 9.59 Å². The molecule has 1 aliphatic heterocycles. The molecule has 128 valence electrons. The van der Waals surface area contributed by atoms with Gasteiger partial charge in [-0.05, 0) is 48.5 Å². The van der Waals surface area contributed by atoms with Crippen LogP contribution in [0, 0.1) is 0 Å². The third-order valence-electron chi connectivity index (χ3n) is 3.71. The summed E-state index contributed by atoms with van der Waals surface area (Å²) < 4.78 is 11.4. The molecule has 0 spiro atoms. The normalized spacial score (nSPS) is 15.5. The number of hydrogen-bond acceptors (Lipinski definition) is 4. The van der Waals surface area contributed by atoms with E-state index in [-0.39, 0.29) is 5.57 Å². The minimum absolute atomic E-state index is 0.0227. The lowest BCUT2D eigenvalue weighted by atomic mass is 10.1. The second-order valence-corrected chi connectivity index (χ2v) is 6.14. The molecular weight excluding hydrogens is 388 g/mol. The number of halogens is 1. The Hall–Kier alpha value is -2.80. The molecule has 1 saturated heterocycles. The number of hydrazine groups is 1. The first kappa shape index (κ1) is 17.0. The van der Waals surface area contributed by atoms with Crippen molar-refractivity contribution >= 4 is 39.5 Å². The van der Waals surface area contributed by atoms with Crippen molar-refractivity contribution in [2.45, 2.75) is 0 Å². The summed E-state index contributed by atoms with van der Waals surface area (Å²) in [7, 11) is 3.07. The Morgan fingerprint density at radius 2 is 1.76 bits per heavy atom. The van der Waals surface area contributed by atoms with Gasteiger partial charge >= 0.3 is 0 Å². The number of anilines is 1. The summed E-state index contributed by atoms with van der Waals surface area (Å²) in [5, 5.41) is 1.22. The van der Waals surface area contributed by atoms with Crippen LogP contribution in [0.5, 0.6) is 11.5 Å². The maximum absolute atomic E-state index is 12.7. The summed E-state index contributed by atoms with van der Waals surface area (Å²) in [5.74, 6) is 0.231. The van der Waals surface area contributed by atoms with Crippen molar-refractivity contribution < 1.29 is 19.1 Å². The third-order valence-corrected chi connectivity index (χ3v) is 4.24. The van der Waals surface area contributed by atoms with E-state index in [0.29, 0.717) is 22.7 Å². The zero-order valence-electron chi connectivity index (χ0n) is 13.6. The fraction of sp³-hybridized carbons (Fsp3) is 0.111. The lowest BCUT2D eigenvalue weighted by molar-refractivity contribution is -0.117. The van der Waals surface area contributed by atoms with Gasteiger partial charge < -0.3 is 9.47 Å². The van der Waals surface area contributed by atoms with Crippen LogP contribution in [0.25, 0.3) is 6.08 Å². The first-order chi connectivity index (χ1) is 12.0. The fourth-order valence-electron chi connectivity index (χ4n) is 2.44. The molecule has 2 amide bonds. The smallest absolute Gasteiger partial charge is 0.282 e. The van der Waals surface area contributed by atoms with E-state index in [9.17, 15) is 9.59 Å². The SMILES string of the molecule is COc1ccc(OC)c(/C=C2/C(=O)NN(c3ccc(Br)cc3)C2=O)c1. The molecule has 0 bridgehead atoms. The molecule has 25 heavy (non-hydrogen) atoms. The van der Waals surface area contributed by atoms with Gasteiger partial charge in [0, 0.05) is 10.0 Å². The van der Waals surface area contributed by atoms with Gasteiger partial charge in [0.2, 0.25) is 0 Å². The number of carbonyl (C=O) groups is 2. The highest BCUT2D eigenvalue weighted by atomic mass is 79.9. The van der Waals surface area contributed by atoms with E-state index in [2.05, 4.69) is 21.4 Å². The van der Waals surface area contributed by atoms with Crippen molar-refractivity contribution in [2.75, 3.05) is 19.2 Å². The molecule has 1 N–H and O–H groups in total. The van der Waals surface area contributed by atoms with Crippen LogP contribution in [0.4, 0.5) is 5.69 Å². The first-order valence-electron chi connectivity index (χ1n) is 7.38. The van der Waals surface area contributed by atoms with E-state index >= 15 is 0 Å². The van der Waals surface area contributed by atoms with Crippen molar-refractivity contribution in [2.24, 2.45) is 0 Å². The lowest BCUT2D eigenvalue weighted by Gasteiger charge is -2.14. The van der Waals surface area contributed by atoms with Gasteiger partial charge in [-0.25, -0.2) is 5.01 Å². The number of methoxy groups -OCH3 is 2. The van der Waals surface area contributed by atoms with Gasteiger partial charge in [-0.15, -0.1) is 0 Å². The predicted octanol–water partition coefficient (Wildman–Crippen LogP) is 2.93. The van der Waals surface area contributed by atoms with Crippen molar-refractivity contribution in [3.8, 4) is 11.5 Å². The van der Waals surface area contributed by atoms with E-state index in [1.165, 1.54) is 18.2 Å². The van der Waals surface area contributed by atoms with Crippen LogP contribution in [-0.4, -0.2) is 26.0 Å². The van der Waals surface area contributed by atoms with Crippen LogP contribution in [0.1, 0.15) is 5.56 Å². The zero-order valence-corrected chi connectivity index (χ0v) is 15.2. The van der Waals surface area contributed by atoms with Crippen LogP contribution < -0.4 is 19.9 Å². The number of nitrogens with zero attached hydrogens (tertiary/aromatic N) is 1. The Kier molecular flexibility index (Phi) is 4.76. The second-order valence-electron chi connectivity index (χ2n) is 5.22. The summed E-state index contributed by atoms with van der Waals surface area (Å²) in [6.07, 6.45) is 1.50. The van der Waals surface area contributed by atoms with Crippen LogP contribution in [0.2, 0.25) is 0 Å². The van der Waals surface area contributed by atoms with E-state index in [1.807, 2.05) is 0 Å². The Morgan fingerprint density at radius 3 is 2.40 bits per heavy atom. The minimum atomic E-state index is -0.474. The molecule has 0 radical (unpaired) electrons. The van der Waals surface area contributed by atoms with Crippen LogP contribution in [0.15, 0.2) is 52.5 Å². The van der Waals surface area contributed by atoms with Crippen molar-refractivity contribution in [3.63, 3.8) is 0 Å². The number of nitrogens with one attached hydrogen (secondary N) is 1. The van der Waals surface area contributed by atoms with Crippen molar-refractivity contribution in [3.05, 3.63) is 58.1 Å². The van der Waals surface area contributed by atoms with Gasteiger partial charge in [-0.1, -0.05) is 15.9 Å². The van der Waals surface area contributed by atoms with Gasteiger partial charge in [-0.2, -0.15) is 0 Å². The molecule has 0 aromatic heterocycles. The molecular formula is C18H15BrN2O4. The van der Waals surface area contributed by atoms with Gasteiger partial charge in [0.1, 0.15) is 17.1 Å². The van der Waals surface area contributed by atoms with Crippen molar-refractivity contribution in [1.29, 1.82) is 0 Å². The number of carbonyl (C=O) groups excluding carboxylic acids is 2. The largest absolute Gasteiger partial charge is 0.497 e. The minimum Gasteiger partial charge on any atom is -0.497 e. The monoisotopic (exact) mass is 402 g/mol. The molecule has 2 aromatic carbocycles. The van der Waals surface area contributed by atoms with Gasteiger partial charge in [0.05, 0.1) is 19.9 Å². The van der Waals surface area contributed by atoms with Gasteiger partial charge in [-0.3, -0.25) is 15.0 Å². The van der Waals surface area contributed by atoms with Crippen molar-refractivity contribution in [1.82, 2.24) is 5.43 Å². The highest BCUT2D eigenvalue weighted by Gasteiger charge is 2.34. The quantitative estimate of drug-likeness (QED) is 0.630. The predicted molar refractivity (Wildman–Crippen MR) is 97.3 cm³/mol. The highest BCUT2D eigenvalue weighted by Crippen LogP contribution is 2.28. The fourth-order valence-corrected chi connectivity index (χ4v) is 2.70. The lowest BCUT2D eigenvalue weighted by Crippen LogP contribution is -2.35. The highest BCUT2D eigenvalue weighted by molar-refractivity contribution is 9.10. The number of hydrogen-bond donors (Lipinski definition) is 1. The number of ether oxygens (including phenoxy) is 2. The number of amides is 2. The summed E-state index contributed by atoms with van der Waals surface area (Å²) in [5.41, 5.74) is 3.74. The molecule has 0 saturated carbocycles. The summed E-state index contributed by atoms with van der Waals surface area (Å²) in [4.78, 5) is 24.9. The van der Waals surface area contributed by atoms with Gasteiger partial charge in [0.15, 0.2) is 0 Å². The maximum Gasteiger partial charge on any atom is 0.282 e. The standard InChI is InChI=1S/C18H15BrN2O4/c1-24-14-7-8-16(25-2)11(9-14)10-15-17(22)20-21(18(15)23)13-5-3-12(19)4-6-13/h3-10H,1-2H3,(H,20,22)/b15-10-. The van der Waals surface area contributed by atoms with Crippen LogP contribution in [0.3, 0.4) is 0 Å². The Morgan fingerprint density at radius 1 is 1.04 bits per heavy atom. The Bertz CT molecular complexity index is 862. The summed E-state index contributed by atoms with van der Waals surface area (Å²) >= 11 is 3.34. The Labute approximate surface area is 153 Å².